The van der Waals surface area contributed by atoms with Crippen molar-refractivity contribution in [3.8, 4) is 0 Å². The van der Waals surface area contributed by atoms with E-state index in [0.717, 1.165) is 19.5 Å². The summed E-state index contributed by atoms with van der Waals surface area (Å²) in [5, 5.41) is 3.72. The molecule has 1 saturated carbocycles. The minimum absolute atomic E-state index is 0.162. The van der Waals surface area contributed by atoms with E-state index < -0.39 is 5.60 Å². The standard InChI is InChI=1S/C15H28N2O2/c1-15(2,3)19-14(18)17-10-6-9-13(11-17)16-12-7-4-5-8-12/h12-13,16H,4-11H2,1-3H3. The molecular weight excluding hydrogens is 240 g/mol. The molecule has 0 aromatic heterocycles. The predicted octanol–water partition coefficient (Wildman–Crippen LogP) is 2.92. The number of nitrogens with one attached hydrogen (secondary N) is 1. The highest BCUT2D eigenvalue weighted by Gasteiger charge is 2.29. The van der Waals surface area contributed by atoms with Crippen LogP contribution in [0.1, 0.15) is 59.3 Å². The maximum absolute atomic E-state index is 12.1. The first-order valence-electron chi connectivity index (χ1n) is 7.68. The van der Waals surface area contributed by atoms with Gasteiger partial charge in [-0.15, -0.1) is 0 Å². The Bertz CT molecular complexity index is 306. The van der Waals surface area contributed by atoms with E-state index in [1.54, 1.807) is 0 Å². The molecule has 1 unspecified atom stereocenters. The molecule has 1 heterocycles. The lowest BCUT2D eigenvalue weighted by atomic mass is 10.0. The van der Waals surface area contributed by atoms with E-state index >= 15 is 0 Å². The number of hydrogen-bond donors (Lipinski definition) is 1. The van der Waals surface area contributed by atoms with Gasteiger partial charge in [0.2, 0.25) is 0 Å². The summed E-state index contributed by atoms with van der Waals surface area (Å²) in [7, 11) is 0. The zero-order valence-electron chi connectivity index (χ0n) is 12.6. The molecule has 2 rings (SSSR count). The summed E-state index contributed by atoms with van der Waals surface area (Å²) in [4.78, 5) is 13.9. The lowest BCUT2D eigenvalue weighted by molar-refractivity contribution is 0.0183. The van der Waals surface area contributed by atoms with Crippen LogP contribution in [0, 0.1) is 0 Å². The number of rotatable bonds is 2. The Labute approximate surface area is 116 Å². The zero-order chi connectivity index (χ0) is 13.9. The maximum atomic E-state index is 12.1. The zero-order valence-corrected chi connectivity index (χ0v) is 12.6. The van der Waals surface area contributed by atoms with Crippen LogP contribution >= 0.6 is 0 Å². The third kappa shape index (κ3) is 4.68. The van der Waals surface area contributed by atoms with Gasteiger partial charge in [-0.2, -0.15) is 0 Å². The Morgan fingerprint density at radius 3 is 2.37 bits per heavy atom. The van der Waals surface area contributed by atoms with Crippen molar-refractivity contribution < 1.29 is 9.53 Å². The lowest BCUT2D eigenvalue weighted by Gasteiger charge is -2.35. The van der Waals surface area contributed by atoms with Crippen LogP contribution in [0.25, 0.3) is 0 Å². The Balaban J connectivity index is 1.80. The molecule has 2 aliphatic rings. The van der Waals surface area contributed by atoms with Gasteiger partial charge in [0.15, 0.2) is 0 Å². The van der Waals surface area contributed by atoms with Gasteiger partial charge in [0.05, 0.1) is 0 Å². The van der Waals surface area contributed by atoms with Crippen molar-refractivity contribution >= 4 is 6.09 Å². The molecule has 1 N–H and O–H groups in total. The number of likely N-dealkylation sites (tertiary alicyclic amines) is 1. The summed E-state index contributed by atoms with van der Waals surface area (Å²) >= 11 is 0. The van der Waals surface area contributed by atoms with E-state index in [2.05, 4.69) is 5.32 Å². The van der Waals surface area contributed by atoms with Crippen molar-refractivity contribution in [1.29, 1.82) is 0 Å². The number of nitrogens with zero attached hydrogens (tertiary/aromatic N) is 1. The monoisotopic (exact) mass is 268 g/mol. The Hall–Kier alpha value is -0.770. The number of carbonyl (C=O) groups is 1. The number of hydrogen-bond acceptors (Lipinski definition) is 3. The van der Waals surface area contributed by atoms with Crippen LogP contribution in [0.4, 0.5) is 4.79 Å². The largest absolute Gasteiger partial charge is 0.444 e. The van der Waals surface area contributed by atoms with Gasteiger partial charge in [0.1, 0.15) is 5.60 Å². The first kappa shape index (κ1) is 14.6. The minimum atomic E-state index is -0.400. The second-order valence-electron chi connectivity index (χ2n) is 6.91. The second-order valence-corrected chi connectivity index (χ2v) is 6.91. The number of amides is 1. The van der Waals surface area contributed by atoms with Crippen molar-refractivity contribution in [1.82, 2.24) is 10.2 Å². The Kier molecular flexibility index (Phi) is 4.71. The molecule has 1 aliphatic carbocycles. The van der Waals surface area contributed by atoms with Crippen LogP contribution in [-0.2, 0) is 4.74 Å². The molecule has 0 aromatic rings. The molecule has 1 atom stereocenters. The van der Waals surface area contributed by atoms with Gasteiger partial charge in [-0.25, -0.2) is 4.79 Å². The van der Waals surface area contributed by atoms with Gasteiger partial charge in [-0.05, 0) is 46.5 Å². The Morgan fingerprint density at radius 2 is 1.74 bits per heavy atom. The van der Waals surface area contributed by atoms with Crippen LogP contribution in [0.3, 0.4) is 0 Å². The summed E-state index contributed by atoms with van der Waals surface area (Å²) in [5.41, 5.74) is -0.400. The van der Waals surface area contributed by atoms with E-state index in [1.165, 1.54) is 32.1 Å². The second kappa shape index (κ2) is 6.12. The minimum Gasteiger partial charge on any atom is -0.444 e. The van der Waals surface area contributed by atoms with Crippen LogP contribution in [0.2, 0.25) is 0 Å². The highest BCUT2D eigenvalue weighted by Crippen LogP contribution is 2.21. The first-order chi connectivity index (χ1) is 8.94. The van der Waals surface area contributed by atoms with Crippen molar-refractivity contribution in [2.75, 3.05) is 13.1 Å². The molecule has 0 radical (unpaired) electrons. The van der Waals surface area contributed by atoms with Crippen molar-refractivity contribution in [2.45, 2.75) is 77.0 Å². The average Bonchev–Trinajstić information content (AvgIpc) is 2.80. The normalized spacial score (nSPS) is 25.6. The fourth-order valence-corrected chi connectivity index (χ4v) is 3.03. The highest BCUT2D eigenvalue weighted by molar-refractivity contribution is 5.68. The van der Waals surface area contributed by atoms with Gasteiger partial charge in [0.25, 0.3) is 0 Å². The summed E-state index contributed by atoms with van der Waals surface area (Å²) < 4.78 is 5.45. The summed E-state index contributed by atoms with van der Waals surface area (Å²) in [6, 6.07) is 1.12. The number of ether oxygens (including phenoxy) is 1. The number of piperidine rings is 1. The van der Waals surface area contributed by atoms with E-state index in [0.29, 0.717) is 12.1 Å². The first-order valence-corrected chi connectivity index (χ1v) is 7.68. The fourth-order valence-electron chi connectivity index (χ4n) is 3.03. The topological polar surface area (TPSA) is 41.6 Å². The number of carbonyl (C=O) groups excluding carboxylic acids is 1. The van der Waals surface area contributed by atoms with Crippen LogP contribution in [-0.4, -0.2) is 41.8 Å². The molecule has 1 saturated heterocycles. The third-order valence-corrected chi connectivity index (χ3v) is 3.90. The maximum Gasteiger partial charge on any atom is 0.410 e. The third-order valence-electron chi connectivity index (χ3n) is 3.90. The lowest BCUT2D eigenvalue weighted by Crippen LogP contribution is -2.51. The SMILES string of the molecule is CC(C)(C)OC(=O)N1CCCC(NC2CCCC2)C1. The van der Waals surface area contributed by atoms with E-state index in [-0.39, 0.29) is 6.09 Å². The molecule has 1 aliphatic heterocycles. The summed E-state index contributed by atoms with van der Waals surface area (Å²) in [6.45, 7) is 7.39. The van der Waals surface area contributed by atoms with E-state index in [9.17, 15) is 4.79 Å². The molecule has 4 nitrogen and oxygen atoms in total. The summed E-state index contributed by atoms with van der Waals surface area (Å²) in [6.07, 6.45) is 7.37. The van der Waals surface area contributed by atoms with Crippen LogP contribution in [0.5, 0.6) is 0 Å². The van der Waals surface area contributed by atoms with Gasteiger partial charge < -0.3 is 15.0 Å². The smallest absolute Gasteiger partial charge is 0.410 e. The molecule has 2 fully saturated rings. The molecule has 0 spiro atoms. The van der Waals surface area contributed by atoms with Crippen molar-refractivity contribution in [2.24, 2.45) is 0 Å². The quantitative estimate of drug-likeness (QED) is 0.837. The van der Waals surface area contributed by atoms with Crippen molar-refractivity contribution in [3.05, 3.63) is 0 Å². The predicted molar refractivity (Wildman–Crippen MR) is 76.2 cm³/mol. The van der Waals surface area contributed by atoms with Gasteiger partial charge in [0, 0.05) is 25.2 Å². The molecule has 4 heteroatoms. The van der Waals surface area contributed by atoms with Crippen LogP contribution in [0.15, 0.2) is 0 Å². The molecule has 1 amide bonds. The molecule has 19 heavy (non-hydrogen) atoms. The van der Waals surface area contributed by atoms with Gasteiger partial charge >= 0.3 is 6.09 Å². The van der Waals surface area contributed by atoms with Gasteiger partial charge in [-0.1, -0.05) is 12.8 Å². The molecular formula is C15H28N2O2. The fraction of sp³-hybridized carbons (Fsp3) is 0.933. The summed E-state index contributed by atoms with van der Waals surface area (Å²) in [5.74, 6) is 0. The molecule has 0 bridgehead atoms. The van der Waals surface area contributed by atoms with E-state index in [1.807, 2.05) is 25.7 Å². The molecule has 0 aromatic carbocycles. The molecule has 110 valence electrons. The van der Waals surface area contributed by atoms with Crippen LogP contribution < -0.4 is 5.32 Å². The van der Waals surface area contributed by atoms with Gasteiger partial charge in [-0.3, -0.25) is 0 Å². The Morgan fingerprint density at radius 1 is 1.11 bits per heavy atom. The highest BCUT2D eigenvalue weighted by atomic mass is 16.6. The van der Waals surface area contributed by atoms with Crippen molar-refractivity contribution in [3.63, 3.8) is 0 Å². The average molecular weight is 268 g/mol. The van der Waals surface area contributed by atoms with E-state index in [4.69, 9.17) is 4.74 Å².